The number of ether oxygens (including phenoxy) is 3. The van der Waals surface area contributed by atoms with Gasteiger partial charge in [0.2, 0.25) is 5.75 Å². The van der Waals surface area contributed by atoms with Gasteiger partial charge in [-0.25, -0.2) is 0 Å². The lowest BCUT2D eigenvalue weighted by atomic mass is 10.1. The molecule has 26 heavy (non-hydrogen) atoms. The molecule has 1 N–H and O–H groups in total. The van der Waals surface area contributed by atoms with Gasteiger partial charge in [-0.05, 0) is 12.6 Å². The quantitative estimate of drug-likeness (QED) is 0.845. The van der Waals surface area contributed by atoms with Gasteiger partial charge in [0.15, 0.2) is 11.5 Å². The SMILES string of the molecule is CCN1CCN(Cc2cc3c(OC)c(OC)c(OC)cc3[nH]c2=O)CC1. The Hall–Kier alpha value is -2.25. The lowest BCUT2D eigenvalue weighted by Crippen LogP contribution is -2.46. The molecule has 1 saturated heterocycles. The molecule has 0 unspecified atom stereocenters. The fourth-order valence-electron chi connectivity index (χ4n) is 3.49. The molecule has 7 nitrogen and oxygen atoms in total. The predicted octanol–water partition coefficient (Wildman–Crippen LogP) is 1.69. The predicted molar refractivity (Wildman–Crippen MR) is 102 cm³/mol. The van der Waals surface area contributed by atoms with E-state index in [-0.39, 0.29) is 5.56 Å². The van der Waals surface area contributed by atoms with Gasteiger partial charge >= 0.3 is 0 Å². The number of methoxy groups -OCH3 is 3. The molecule has 2 aromatic rings. The molecule has 3 rings (SSSR count). The number of hydrogen-bond donors (Lipinski definition) is 1. The number of pyridine rings is 1. The molecule has 0 amide bonds. The normalized spacial score (nSPS) is 16.0. The minimum atomic E-state index is -0.0790. The van der Waals surface area contributed by atoms with Crippen LogP contribution in [0.25, 0.3) is 10.9 Å². The summed E-state index contributed by atoms with van der Waals surface area (Å²) < 4.78 is 16.4. The van der Waals surface area contributed by atoms with E-state index in [4.69, 9.17) is 14.2 Å². The third kappa shape index (κ3) is 3.50. The van der Waals surface area contributed by atoms with Crippen LogP contribution in [-0.4, -0.2) is 68.8 Å². The van der Waals surface area contributed by atoms with Crippen LogP contribution in [0.15, 0.2) is 16.9 Å². The molecular formula is C19H27N3O4. The fourth-order valence-corrected chi connectivity index (χ4v) is 3.49. The van der Waals surface area contributed by atoms with Crippen LogP contribution < -0.4 is 19.8 Å². The molecule has 1 aliphatic heterocycles. The number of H-pyrrole nitrogens is 1. The second-order valence-corrected chi connectivity index (χ2v) is 6.44. The summed E-state index contributed by atoms with van der Waals surface area (Å²) in [6.07, 6.45) is 0. The standard InChI is InChI=1S/C19H27N3O4/c1-5-21-6-8-22(9-7-21)12-13-10-14-15(20-19(13)23)11-16(24-2)18(26-4)17(14)25-3/h10-11H,5-9,12H2,1-4H3,(H,20,23). The van der Waals surface area contributed by atoms with Crippen molar-refractivity contribution >= 4 is 10.9 Å². The topological polar surface area (TPSA) is 67.0 Å². The summed E-state index contributed by atoms with van der Waals surface area (Å²) in [7, 11) is 4.73. The van der Waals surface area contributed by atoms with Crippen molar-refractivity contribution in [1.29, 1.82) is 0 Å². The summed E-state index contributed by atoms with van der Waals surface area (Å²) in [5.74, 6) is 1.61. The van der Waals surface area contributed by atoms with E-state index in [0.717, 1.165) is 43.7 Å². The molecule has 1 fully saturated rings. The largest absolute Gasteiger partial charge is 0.493 e. The molecule has 1 aliphatic rings. The van der Waals surface area contributed by atoms with Gasteiger partial charge in [0.1, 0.15) is 0 Å². The van der Waals surface area contributed by atoms with Crippen LogP contribution in [0.3, 0.4) is 0 Å². The summed E-state index contributed by atoms with van der Waals surface area (Å²) in [4.78, 5) is 20.3. The molecule has 0 saturated carbocycles. The highest BCUT2D eigenvalue weighted by Crippen LogP contribution is 2.42. The number of piperazine rings is 1. The lowest BCUT2D eigenvalue weighted by Gasteiger charge is -2.33. The minimum absolute atomic E-state index is 0.0790. The van der Waals surface area contributed by atoms with Crippen molar-refractivity contribution < 1.29 is 14.2 Å². The number of aromatic amines is 1. The first-order valence-corrected chi connectivity index (χ1v) is 8.90. The highest BCUT2D eigenvalue weighted by atomic mass is 16.5. The Kier molecular flexibility index (Phi) is 5.68. The Bertz CT molecular complexity index is 826. The Morgan fingerprint density at radius 3 is 2.19 bits per heavy atom. The van der Waals surface area contributed by atoms with Crippen molar-refractivity contribution in [3.8, 4) is 17.2 Å². The fraction of sp³-hybridized carbons (Fsp3) is 0.526. The molecular weight excluding hydrogens is 334 g/mol. The van der Waals surface area contributed by atoms with Gasteiger partial charge in [-0.1, -0.05) is 6.92 Å². The Morgan fingerprint density at radius 2 is 1.62 bits per heavy atom. The van der Waals surface area contributed by atoms with Crippen molar-refractivity contribution in [2.24, 2.45) is 0 Å². The van der Waals surface area contributed by atoms with E-state index in [1.54, 1.807) is 27.4 Å². The van der Waals surface area contributed by atoms with E-state index in [1.807, 2.05) is 6.07 Å². The number of fused-ring (bicyclic) bond motifs is 1. The molecule has 0 bridgehead atoms. The third-order valence-electron chi connectivity index (χ3n) is 5.03. The monoisotopic (exact) mass is 361 g/mol. The van der Waals surface area contributed by atoms with Crippen LogP contribution in [0, 0.1) is 0 Å². The maximum Gasteiger partial charge on any atom is 0.252 e. The first-order chi connectivity index (χ1) is 12.6. The summed E-state index contributed by atoms with van der Waals surface area (Å²) in [6, 6.07) is 3.67. The second kappa shape index (κ2) is 7.97. The van der Waals surface area contributed by atoms with E-state index in [9.17, 15) is 4.79 Å². The zero-order valence-corrected chi connectivity index (χ0v) is 15.9. The molecule has 1 aromatic carbocycles. The minimum Gasteiger partial charge on any atom is -0.493 e. The molecule has 0 atom stereocenters. The van der Waals surface area contributed by atoms with Gasteiger partial charge in [-0.3, -0.25) is 9.69 Å². The highest BCUT2D eigenvalue weighted by molar-refractivity contribution is 5.90. The molecule has 0 aliphatic carbocycles. The van der Waals surface area contributed by atoms with Crippen molar-refractivity contribution in [3.63, 3.8) is 0 Å². The molecule has 1 aromatic heterocycles. The summed E-state index contributed by atoms with van der Waals surface area (Å²) >= 11 is 0. The van der Waals surface area contributed by atoms with Crippen molar-refractivity contribution in [1.82, 2.24) is 14.8 Å². The number of likely N-dealkylation sites (N-methyl/N-ethyl adjacent to an activating group) is 1. The smallest absolute Gasteiger partial charge is 0.252 e. The summed E-state index contributed by atoms with van der Waals surface area (Å²) in [5, 5.41) is 0.812. The number of benzene rings is 1. The summed E-state index contributed by atoms with van der Waals surface area (Å²) in [6.45, 7) is 7.89. The second-order valence-electron chi connectivity index (χ2n) is 6.44. The first kappa shape index (κ1) is 18.5. The van der Waals surface area contributed by atoms with Crippen LogP contribution in [0.1, 0.15) is 12.5 Å². The average molecular weight is 361 g/mol. The maximum atomic E-state index is 12.6. The van der Waals surface area contributed by atoms with E-state index in [2.05, 4.69) is 21.7 Å². The van der Waals surface area contributed by atoms with Gasteiger partial charge in [0, 0.05) is 49.7 Å². The molecule has 7 heteroatoms. The number of rotatable bonds is 6. The Labute approximate surface area is 153 Å². The van der Waals surface area contributed by atoms with Crippen LogP contribution in [0.5, 0.6) is 17.2 Å². The average Bonchev–Trinajstić information content (AvgIpc) is 2.67. The van der Waals surface area contributed by atoms with Crippen LogP contribution in [-0.2, 0) is 6.54 Å². The lowest BCUT2D eigenvalue weighted by molar-refractivity contribution is 0.131. The highest BCUT2D eigenvalue weighted by Gasteiger charge is 2.20. The number of aromatic nitrogens is 1. The third-order valence-corrected chi connectivity index (χ3v) is 5.03. The van der Waals surface area contributed by atoms with Gasteiger partial charge in [-0.2, -0.15) is 0 Å². The number of hydrogen-bond acceptors (Lipinski definition) is 6. The first-order valence-electron chi connectivity index (χ1n) is 8.90. The zero-order chi connectivity index (χ0) is 18.7. The van der Waals surface area contributed by atoms with Crippen molar-refractivity contribution in [2.75, 3.05) is 54.1 Å². The van der Waals surface area contributed by atoms with Gasteiger partial charge in [0.05, 0.1) is 26.8 Å². The van der Waals surface area contributed by atoms with Gasteiger partial charge < -0.3 is 24.1 Å². The van der Waals surface area contributed by atoms with Crippen molar-refractivity contribution in [3.05, 3.63) is 28.0 Å². The van der Waals surface area contributed by atoms with Crippen LogP contribution in [0.2, 0.25) is 0 Å². The molecule has 142 valence electrons. The maximum absolute atomic E-state index is 12.6. The Balaban J connectivity index is 1.97. The van der Waals surface area contributed by atoms with E-state index in [0.29, 0.717) is 29.3 Å². The van der Waals surface area contributed by atoms with Crippen LogP contribution in [0.4, 0.5) is 0 Å². The number of nitrogens with one attached hydrogen (secondary N) is 1. The molecule has 0 radical (unpaired) electrons. The van der Waals surface area contributed by atoms with Crippen LogP contribution >= 0.6 is 0 Å². The van der Waals surface area contributed by atoms with E-state index >= 15 is 0 Å². The zero-order valence-electron chi connectivity index (χ0n) is 15.9. The molecule has 2 heterocycles. The van der Waals surface area contributed by atoms with Gasteiger partial charge in [-0.15, -0.1) is 0 Å². The summed E-state index contributed by atoms with van der Waals surface area (Å²) in [5.41, 5.74) is 1.32. The number of nitrogens with zero attached hydrogens (tertiary/aromatic N) is 2. The van der Waals surface area contributed by atoms with Crippen molar-refractivity contribution in [2.45, 2.75) is 13.5 Å². The van der Waals surface area contributed by atoms with Gasteiger partial charge in [0.25, 0.3) is 5.56 Å². The van der Waals surface area contributed by atoms with E-state index < -0.39 is 0 Å². The molecule has 0 spiro atoms. The Morgan fingerprint density at radius 1 is 0.962 bits per heavy atom. The van der Waals surface area contributed by atoms with E-state index in [1.165, 1.54) is 0 Å².